The number of anilines is 2. The maximum atomic E-state index is 15.2. The molecule has 2 aromatic heterocycles. The maximum absolute atomic E-state index is 15.2. The molecule has 0 bridgehead atoms. The molecule has 2 fully saturated rings. The zero-order valence-corrected chi connectivity index (χ0v) is 22.3. The number of halogens is 2. The van der Waals surface area contributed by atoms with E-state index in [1.165, 1.54) is 6.33 Å². The third-order valence-corrected chi connectivity index (χ3v) is 7.54. The molecule has 2 aliphatic heterocycles. The van der Waals surface area contributed by atoms with Crippen molar-refractivity contribution in [3.8, 4) is 0 Å². The van der Waals surface area contributed by atoms with E-state index >= 15 is 4.39 Å². The summed E-state index contributed by atoms with van der Waals surface area (Å²) in [4.78, 5) is 38.1. The number of imidazole rings is 1. The number of carbonyl (C=O) groups is 2. The van der Waals surface area contributed by atoms with Crippen molar-refractivity contribution in [1.82, 2.24) is 19.5 Å². The third kappa shape index (κ3) is 5.38. The van der Waals surface area contributed by atoms with Gasteiger partial charge in [0.1, 0.15) is 24.0 Å². The van der Waals surface area contributed by atoms with Crippen LogP contribution in [0.1, 0.15) is 31.1 Å². The number of hydrogen-bond acceptors (Lipinski definition) is 11. The Hall–Kier alpha value is -3.63. The molecule has 41 heavy (non-hydrogen) atoms. The average molecular weight is 595 g/mol. The molecule has 6 N–H and O–H groups in total. The van der Waals surface area contributed by atoms with E-state index in [1.807, 2.05) is 4.90 Å². The summed E-state index contributed by atoms with van der Waals surface area (Å²) in [6, 6.07) is 6.44. The number of aromatic nitrogens is 4. The molecule has 2 saturated heterocycles. The summed E-state index contributed by atoms with van der Waals surface area (Å²) in [5.41, 5.74) is 4.22. The first-order valence-electron chi connectivity index (χ1n) is 12.8. The van der Waals surface area contributed by atoms with E-state index in [4.69, 9.17) is 26.8 Å². The molecular formula is C25H28ClFN6O8. The number of hydrogen-bond donors (Lipinski definition) is 5. The molecule has 0 radical (unpaired) electrons. The standard InChI is InChI=1S/C25H28ClFN6O8/c26-24-30-19(28)17-20(31-24)33(11-29-17)21-16(27)18(35)14(41-21)10-40-25(22(36)37,23(38)39)9-12-4-6-13(7-5-12)32-8-2-1-3-15(32)34/h4-7,11,14-16,18,21,34-35H,1-3,8-10H2,(H,36,37)(H,38,39)(H2,28,30,31)/t14-,15?,16+,18-,21-/m1/s1. The number of nitrogens with two attached hydrogens (primary N) is 1. The second-order valence-electron chi connectivity index (χ2n) is 9.96. The van der Waals surface area contributed by atoms with E-state index in [0.29, 0.717) is 24.2 Å². The van der Waals surface area contributed by atoms with Crippen LogP contribution in [-0.4, -0.2) is 95.2 Å². The highest BCUT2D eigenvalue weighted by atomic mass is 35.5. The summed E-state index contributed by atoms with van der Waals surface area (Å²) in [5, 5.41) is 40.4. The van der Waals surface area contributed by atoms with Crippen molar-refractivity contribution in [3.05, 3.63) is 41.4 Å². The van der Waals surface area contributed by atoms with Crippen molar-refractivity contribution >= 4 is 46.2 Å². The monoisotopic (exact) mass is 594 g/mol. The number of nitrogen functional groups attached to an aromatic ring is 1. The van der Waals surface area contributed by atoms with Crippen LogP contribution >= 0.6 is 11.6 Å². The van der Waals surface area contributed by atoms with Gasteiger partial charge in [-0.2, -0.15) is 9.97 Å². The number of benzene rings is 1. The topological polar surface area (TPSA) is 206 Å². The van der Waals surface area contributed by atoms with Gasteiger partial charge in [0.2, 0.25) is 5.28 Å². The van der Waals surface area contributed by atoms with Crippen LogP contribution in [0.4, 0.5) is 15.9 Å². The number of nitrogens with zero attached hydrogens (tertiary/aromatic N) is 5. The Morgan fingerprint density at radius 3 is 2.54 bits per heavy atom. The number of aliphatic carboxylic acids is 2. The van der Waals surface area contributed by atoms with Gasteiger partial charge in [0.25, 0.3) is 5.60 Å². The van der Waals surface area contributed by atoms with Gasteiger partial charge in [-0.3, -0.25) is 4.57 Å². The number of alkyl halides is 1. The minimum atomic E-state index is -2.77. The normalized spacial score (nSPS) is 25.1. The van der Waals surface area contributed by atoms with Crippen molar-refractivity contribution in [2.45, 2.75) is 62.1 Å². The van der Waals surface area contributed by atoms with E-state index in [2.05, 4.69) is 15.0 Å². The number of carboxylic acid groups (broad SMARTS) is 2. The van der Waals surface area contributed by atoms with Crippen molar-refractivity contribution in [1.29, 1.82) is 0 Å². The molecular weight excluding hydrogens is 567 g/mol. The smallest absolute Gasteiger partial charge is 0.348 e. The summed E-state index contributed by atoms with van der Waals surface area (Å²) >= 11 is 5.86. The van der Waals surface area contributed by atoms with E-state index < -0.39 is 61.4 Å². The second-order valence-corrected chi connectivity index (χ2v) is 10.3. The Bertz CT molecular complexity index is 1430. The number of piperidine rings is 1. The van der Waals surface area contributed by atoms with Crippen LogP contribution in [0.15, 0.2) is 30.6 Å². The van der Waals surface area contributed by atoms with Crippen LogP contribution in [0.5, 0.6) is 0 Å². The van der Waals surface area contributed by atoms with Gasteiger partial charge >= 0.3 is 11.9 Å². The van der Waals surface area contributed by atoms with Gasteiger partial charge in [-0.15, -0.1) is 0 Å². The zero-order valence-electron chi connectivity index (χ0n) is 21.5. The minimum Gasteiger partial charge on any atom is -0.479 e. The van der Waals surface area contributed by atoms with Gasteiger partial charge in [0.05, 0.1) is 12.9 Å². The molecule has 2 aliphatic rings. The van der Waals surface area contributed by atoms with Crippen LogP contribution in [0.3, 0.4) is 0 Å². The minimum absolute atomic E-state index is 0.0369. The van der Waals surface area contributed by atoms with Crippen LogP contribution < -0.4 is 10.6 Å². The van der Waals surface area contributed by atoms with Crippen LogP contribution in [-0.2, 0) is 25.5 Å². The Morgan fingerprint density at radius 1 is 1.17 bits per heavy atom. The third-order valence-electron chi connectivity index (χ3n) is 7.37. The summed E-state index contributed by atoms with van der Waals surface area (Å²) in [6.45, 7) is -0.112. The van der Waals surface area contributed by atoms with E-state index in [-0.39, 0.29) is 22.3 Å². The molecule has 5 rings (SSSR count). The highest BCUT2D eigenvalue weighted by Crippen LogP contribution is 2.35. The molecule has 3 aromatic rings. The summed E-state index contributed by atoms with van der Waals surface area (Å²) in [7, 11) is 0. The van der Waals surface area contributed by atoms with Crippen molar-refractivity contribution < 1.29 is 43.9 Å². The van der Waals surface area contributed by atoms with Crippen LogP contribution in [0, 0.1) is 0 Å². The van der Waals surface area contributed by atoms with Gasteiger partial charge in [0.15, 0.2) is 23.9 Å². The highest BCUT2D eigenvalue weighted by Gasteiger charge is 2.52. The Morgan fingerprint density at radius 2 is 1.88 bits per heavy atom. The SMILES string of the molecule is Nc1nc(Cl)nc2c1ncn2[C@@H]1O[C@H](COC(Cc2ccc(N3CCCCC3O)cc2)(C(=O)O)C(=O)O)[C@@H](O)[C@@H]1F. The largest absolute Gasteiger partial charge is 0.479 e. The zero-order chi connectivity index (χ0) is 29.5. The van der Waals surface area contributed by atoms with E-state index in [1.54, 1.807) is 24.3 Å². The number of rotatable bonds is 9. The van der Waals surface area contributed by atoms with Gasteiger partial charge in [-0.1, -0.05) is 12.1 Å². The van der Waals surface area contributed by atoms with Crippen molar-refractivity contribution in [2.24, 2.45) is 0 Å². The average Bonchev–Trinajstić information content (AvgIpc) is 3.47. The molecule has 16 heteroatoms. The fourth-order valence-electron chi connectivity index (χ4n) is 5.11. The predicted molar refractivity (Wildman–Crippen MR) is 141 cm³/mol. The van der Waals surface area contributed by atoms with Gasteiger partial charge in [0, 0.05) is 18.7 Å². The number of fused-ring (bicyclic) bond motifs is 1. The molecule has 0 aliphatic carbocycles. The number of aliphatic hydroxyl groups excluding tert-OH is 2. The number of ether oxygens (including phenoxy) is 2. The first-order chi connectivity index (χ1) is 19.5. The fraction of sp³-hybridized carbons (Fsp3) is 0.480. The quantitative estimate of drug-likeness (QED) is 0.174. The Labute approximate surface area is 237 Å². The van der Waals surface area contributed by atoms with Gasteiger partial charge < -0.3 is 40.5 Å². The van der Waals surface area contributed by atoms with Gasteiger partial charge in [-0.05, 0) is 48.6 Å². The molecule has 0 spiro atoms. The number of aliphatic hydroxyl groups is 2. The summed E-state index contributed by atoms with van der Waals surface area (Å²) in [5.74, 6) is -3.63. The Kier molecular flexibility index (Phi) is 7.98. The second kappa shape index (κ2) is 11.3. The van der Waals surface area contributed by atoms with E-state index in [9.17, 15) is 30.0 Å². The lowest BCUT2D eigenvalue weighted by molar-refractivity contribution is -0.190. The molecule has 0 amide bonds. The summed E-state index contributed by atoms with van der Waals surface area (Å²) in [6.07, 6.45) is -4.36. The molecule has 1 aromatic carbocycles. The van der Waals surface area contributed by atoms with Crippen LogP contribution in [0.2, 0.25) is 5.28 Å². The summed E-state index contributed by atoms with van der Waals surface area (Å²) < 4.78 is 27.4. The highest BCUT2D eigenvalue weighted by molar-refractivity contribution is 6.28. The lowest BCUT2D eigenvalue weighted by Gasteiger charge is -2.34. The van der Waals surface area contributed by atoms with E-state index in [0.717, 1.165) is 17.4 Å². The molecule has 5 atom stereocenters. The predicted octanol–water partition coefficient (Wildman–Crippen LogP) is 1.13. The molecule has 4 heterocycles. The van der Waals surface area contributed by atoms with Crippen LogP contribution in [0.25, 0.3) is 11.2 Å². The fourth-order valence-corrected chi connectivity index (χ4v) is 5.28. The van der Waals surface area contributed by atoms with Crippen molar-refractivity contribution in [2.75, 3.05) is 23.8 Å². The first kappa shape index (κ1) is 28.9. The Balaban J connectivity index is 1.33. The number of carboxylic acids is 2. The first-order valence-corrected chi connectivity index (χ1v) is 13.2. The lowest BCUT2D eigenvalue weighted by Crippen LogP contribution is -2.52. The molecule has 220 valence electrons. The lowest BCUT2D eigenvalue weighted by atomic mass is 9.93. The molecule has 1 unspecified atom stereocenters. The van der Waals surface area contributed by atoms with Crippen molar-refractivity contribution in [3.63, 3.8) is 0 Å². The maximum Gasteiger partial charge on any atom is 0.348 e. The molecule has 14 nitrogen and oxygen atoms in total. The molecule has 0 saturated carbocycles. The van der Waals surface area contributed by atoms with Gasteiger partial charge in [-0.25, -0.2) is 19.0 Å².